The summed E-state index contributed by atoms with van der Waals surface area (Å²) in [4.78, 5) is 2.81. The first-order valence-electron chi connectivity index (χ1n) is 7.23. The molecule has 2 nitrogen and oxygen atoms in total. The smallest absolute Gasteiger partial charge is 0.0457 e. The van der Waals surface area contributed by atoms with Crippen LogP contribution in [0.25, 0.3) is 0 Å². The Labute approximate surface area is 115 Å². The van der Waals surface area contributed by atoms with E-state index in [9.17, 15) is 0 Å². The summed E-state index contributed by atoms with van der Waals surface area (Å²) < 4.78 is 0. The van der Waals surface area contributed by atoms with Gasteiger partial charge in [-0.3, -0.25) is 0 Å². The van der Waals surface area contributed by atoms with Crippen LogP contribution in [0.5, 0.6) is 0 Å². The summed E-state index contributed by atoms with van der Waals surface area (Å²) in [6, 6.07) is 3.32. The molecule has 3 N–H and O–H groups in total. The van der Waals surface area contributed by atoms with Crippen LogP contribution in [0, 0.1) is 13.8 Å². The molecule has 0 saturated heterocycles. The summed E-state index contributed by atoms with van der Waals surface area (Å²) in [5.74, 6) is 0. The normalized spacial score (nSPS) is 19.7. The Balaban J connectivity index is 2.02. The van der Waals surface area contributed by atoms with Gasteiger partial charge in [0.15, 0.2) is 0 Å². The van der Waals surface area contributed by atoms with Crippen LogP contribution in [0.1, 0.15) is 59.9 Å². The number of nitrogens with one attached hydrogen (secondary N) is 1. The topological polar surface area (TPSA) is 38.0 Å². The van der Waals surface area contributed by atoms with Gasteiger partial charge < -0.3 is 11.1 Å². The Morgan fingerprint density at radius 3 is 2.44 bits per heavy atom. The lowest BCUT2D eigenvalue weighted by molar-refractivity contribution is 0.402. The van der Waals surface area contributed by atoms with Gasteiger partial charge in [0.1, 0.15) is 0 Å². The molecule has 0 aliphatic heterocycles. The Bertz CT molecular complexity index is 365. The Kier molecular flexibility index (Phi) is 5.22. The molecule has 3 heteroatoms. The van der Waals surface area contributed by atoms with Gasteiger partial charge in [-0.25, -0.2) is 0 Å². The van der Waals surface area contributed by atoms with E-state index >= 15 is 0 Å². The predicted octanol–water partition coefficient (Wildman–Crippen LogP) is 3.68. The molecule has 0 amide bonds. The molecule has 1 aliphatic rings. The van der Waals surface area contributed by atoms with Gasteiger partial charge in [0.2, 0.25) is 0 Å². The molecule has 0 radical (unpaired) electrons. The van der Waals surface area contributed by atoms with E-state index in [0.717, 1.165) is 0 Å². The minimum atomic E-state index is 0.345. The van der Waals surface area contributed by atoms with E-state index in [2.05, 4.69) is 25.2 Å². The van der Waals surface area contributed by atoms with Crippen molar-refractivity contribution in [3.63, 3.8) is 0 Å². The zero-order valence-corrected chi connectivity index (χ0v) is 12.5. The maximum atomic E-state index is 5.98. The molecule has 1 atom stereocenters. The minimum Gasteiger partial charge on any atom is -0.329 e. The van der Waals surface area contributed by atoms with Gasteiger partial charge in [0.05, 0.1) is 0 Å². The van der Waals surface area contributed by atoms with Crippen molar-refractivity contribution < 1.29 is 0 Å². The summed E-state index contributed by atoms with van der Waals surface area (Å²) in [6.07, 6.45) is 8.19. The average molecular weight is 266 g/mol. The van der Waals surface area contributed by atoms with E-state index < -0.39 is 0 Å². The number of rotatable bonds is 4. The molecule has 0 bridgehead atoms. The molecule has 1 aliphatic carbocycles. The number of nitrogens with two attached hydrogens (primary N) is 1. The second-order valence-electron chi connectivity index (χ2n) is 5.51. The van der Waals surface area contributed by atoms with Gasteiger partial charge in [-0.05, 0) is 38.3 Å². The van der Waals surface area contributed by atoms with Gasteiger partial charge in [0.25, 0.3) is 0 Å². The van der Waals surface area contributed by atoms with Gasteiger partial charge >= 0.3 is 0 Å². The molecular weight excluding hydrogens is 240 g/mol. The number of hydrogen-bond acceptors (Lipinski definition) is 3. The van der Waals surface area contributed by atoms with Crippen LogP contribution in [0.3, 0.4) is 0 Å². The van der Waals surface area contributed by atoms with Gasteiger partial charge in [0, 0.05) is 28.4 Å². The van der Waals surface area contributed by atoms with Crippen molar-refractivity contribution in [1.82, 2.24) is 5.32 Å². The van der Waals surface area contributed by atoms with E-state index in [-0.39, 0.29) is 0 Å². The van der Waals surface area contributed by atoms with Crippen molar-refractivity contribution >= 4 is 11.3 Å². The number of thiophene rings is 1. The third kappa shape index (κ3) is 3.56. The fourth-order valence-electron chi connectivity index (χ4n) is 3.01. The highest BCUT2D eigenvalue weighted by molar-refractivity contribution is 7.12. The summed E-state index contributed by atoms with van der Waals surface area (Å²) >= 11 is 1.88. The van der Waals surface area contributed by atoms with E-state index in [4.69, 9.17) is 5.73 Å². The van der Waals surface area contributed by atoms with Crippen molar-refractivity contribution in [3.8, 4) is 0 Å². The zero-order chi connectivity index (χ0) is 13.0. The third-order valence-corrected chi connectivity index (χ3v) is 4.96. The van der Waals surface area contributed by atoms with Gasteiger partial charge in [-0.2, -0.15) is 0 Å². The quantitative estimate of drug-likeness (QED) is 0.816. The molecule has 1 aromatic heterocycles. The monoisotopic (exact) mass is 266 g/mol. The maximum absolute atomic E-state index is 5.98. The first kappa shape index (κ1) is 14.0. The first-order chi connectivity index (χ1) is 8.70. The highest BCUT2D eigenvalue weighted by atomic mass is 32.1. The molecule has 18 heavy (non-hydrogen) atoms. The van der Waals surface area contributed by atoms with Crippen molar-refractivity contribution in [2.75, 3.05) is 6.54 Å². The Morgan fingerprint density at radius 2 is 1.94 bits per heavy atom. The maximum Gasteiger partial charge on any atom is 0.0457 e. The van der Waals surface area contributed by atoms with Crippen LogP contribution in [-0.4, -0.2) is 12.6 Å². The van der Waals surface area contributed by atoms with Crippen LogP contribution in [0.4, 0.5) is 0 Å². The summed E-state index contributed by atoms with van der Waals surface area (Å²) in [5.41, 5.74) is 7.40. The Hall–Kier alpha value is -0.380. The molecule has 102 valence electrons. The van der Waals surface area contributed by atoms with Crippen molar-refractivity contribution in [3.05, 3.63) is 21.4 Å². The molecule has 1 unspecified atom stereocenters. The second-order valence-corrected chi connectivity index (χ2v) is 6.97. The van der Waals surface area contributed by atoms with E-state index in [0.29, 0.717) is 18.6 Å². The van der Waals surface area contributed by atoms with Crippen LogP contribution in [-0.2, 0) is 0 Å². The van der Waals surface area contributed by atoms with E-state index in [1.807, 2.05) is 11.3 Å². The highest BCUT2D eigenvalue weighted by Crippen LogP contribution is 2.27. The van der Waals surface area contributed by atoms with Crippen LogP contribution >= 0.6 is 11.3 Å². The van der Waals surface area contributed by atoms with E-state index in [1.165, 1.54) is 53.8 Å². The summed E-state index contributed by atoms with van der Waals surface area (Å²) in [5, 5.41) is 3.80. The van der Waals surface area contributed by atoms with Crippen LogP contribution in [0.15, 0.2) is 6.07 Å². The Morgan fingerprint density at radius 1 is 1.28 bits per heavy atom. The fourth-order valence-corrected chi connectivity index (χ4v) is 4.00. The van der Waals surface area contributed by atoms with Crippen LogP contribution < -0.4 is 11.1 Å². The lowest BCUT2D eigenvalue weighted by Gasteiger charge is -2.24. The molecule has 2 rings (SSSR count). The van der Waals surface area contributed by atoms with Crippen molar-refractivity contribution in [2.45, 2.75) is 64.5 Å². The number of aryl methyl sites for hydroxylation is 2. The fraction of sp³-hybridized carbons (Fsp3) is 0.733. The molecule has 0 aromatic carbocycles. The summed E-state index contributed by atoms with van der Waals surface area (Å²) in [7, 11) is 0. The molecular formula is C15H26N2S. The second kappa shape index (κ2) is 6.69. The molecule has 1 heterocycles. The molecule has 0 spiro atoms. The first-order valence-corrected chi connectivity index (χ1v) is 8.05. The predicted molar refractivity (Wildman–Crippen MR) is 80.2 cm³/mol. The van der Waals surface area contributed by atoms with Gasteiger partial charge in [-0.15, -0.1) is 11.3 Å². The molecule has 1 fully saturated rings. The van der Waals surface area contributed by atoms with Crippen LogP contribution in [0.2, 0.25) is 0 Å². The molecule has 1 saturated carbocycles. The average Bonchev–Trinajstić information content (AvgIpc) is 2.57. The minimum absolute atomic E-state index is 0.345. The van der Waals surface area contributed by atoms with Gasteiger partial charge in [-0.1, -0.05) is 25.7 Å². The van der Waals surface area contributed by atoms with Crippen molar-refractivity contribution in [1.29, 1.82) is 0 Å². The standard InChI is InChI=1S/C15H26N2S/c1-11-9-14(12(2)18-11)15(10-16)17-13-7-5-3-4-6-8-13/h9,13,15,17H,3-8,10,16H2,1-2H3. The van der Waals surface area contributed by atoms with Crippen molar-refractivity contribution in [2.24, 2.45) is 5.73 Å². The summed E-state index contributed by atoms with van der Waals surface area (Å²) in [6.45, 7) is 5.10. The van der Waals surface area contributed by atoms with E-state index in [1.54, 1.807) is 0 Å². The number of hydrogen-bond donors (Lipinski definition) is 2. The SMILES string of the molecule is Cc1cc(C(CN)NC2CCCCCC2)c(C)s1. The largest absolute Gasteiger partial charge is 0.329 e. The lowest BCUT2D eigenvalue weighted by Crippen LogP contribution is -2.36. The highest BCUT2D eigenvalue weighted by Gasteiger charge is 2.19. The lowest BCUT2D eigenvalue weighted by atomic mass is 10.0. The third-order valence-electron chi connectivity index (χ3n) is 3.98. The zero-order valence-electron chi connectivity index (χ0n) is 11.7. The molecule has 1 aromatic rings.